The summed E-state index contributed by atoms with van der Waals surface area (Å²) in [6, 6.07) is 1.38. The van der Waals surface area contributed by atoms with E-state index >= 15 is 0 Å². The minimum absolute atomic E-state index is 0.500. The molecule has 2 N–H and O–H groups in total. The molecule has 2 heteroatoms. The third-order valence-electron chi connectivity index (χ3n) is 3.35. The summed E-state index contributed by atoms with van der Waals surface area (Å²) in [5.74, 6) is 0.945. The highest BCUT2D eigenvalue weighted by Crippen LogP contribution is 2.27. The Morgan fingerprint density at radius 2 is 1.67 bits per heavy atom. The fraction of sp³-hybridized carbons (Fsp3) is 1.00. The highest BCUT2D eigenvalue weighted by atomic mass is 15.2. The van der Waals surface area contributed by atoms with Crippen molar-refractivity contribution in [1.82, 2.24) is 4.90 Å². The number of hydrogen-bond acceptors (Lipinski definition) is 2. The molecule has 1 saturated heterocycles. The topological polar surface area (TPSA) is 29.3 Å². The highest BCUT2D eigenvalue weighted by Gasteiger charge is 2.31. The molecule has 0 aromatic heterocycles. The van der Waals surface area contributed by atoms with Crippen LogP contribution >= 0.6 is 0 Å². The second-order valence-electron chi connectivity index (χ2n) is 4.63. The summed E-state index contributed by atoms with van der Waals surface area (Å²) in [5.41, 5.74) is 5.87. The Labute approximate surface area is 75.1 Å². The molecule has 2 rings (SSSR count). The smallest absolute Gasteiger partial charge is 0.00966 e. The molecule has 12 heavy (non-hydrogen) atoms. The molecular weight excluding hydrogens is 148 g/mol. The second kappa shape index (κ2) is 3.35. The van der Waals surface area contributed by atoms with Crippen molar-refractivity contribution in [3.05, 3.63) is 0 Å². The lowest BCUT2D eigenvalue weighted by Gasteiger charge is -2.45. The van der Waals surface area contributed by atoms with Crippen LogP contribution in [0.4, 0.5) is 0 Å². The first-order valence-electron chi connectivity index (χ1n) is 5.25. The number of nitrogens with zero attached hydrogens (tertiary/aromatic N) is 1. The van der Waals surface area contributed by atoms with E-state index in [2.05, 4.69) is 11.8 Å². The summed E-state index contributed by atoms with van der Waals surface area (Å²) in [6.07, 6.45) is 5.17. The van der Waals surface area contributed by atoms with Gasteiger partial charge in [-0.05, 0) is 31.6 Å². The molecule has 0 unspecified atom stereocenters. The fourth-order valence-corrected chi connectivity index (χ4v) is 2.51. The van der Waals surface area contributed by atoms with Crippen LogP contribution in [0.25, 0.3) is 0 Å². The van der Waals surface area contributed by atoms with E-state index in [1.54, 1.807) is 0 Å². The van der Waals surface area contributed by atoms with E-state index in [0.29, 0.717) is 6.04 Å². The monoisotopic (exact) mass is 168 g/mol. The van der Waals surface area contributed by atoms with Crippen LogP contribution in [0.1, 0.15) is 32.6 Å². The van der Waals surface area contributed by atoms with Crippen LogP contribution in [0.3, 0.4) is 0 Å². The molecule has 0 spiro atoms. The van der Waals surface area contributed by atoms with Crippen LogP contribution < -0.4 is 5.73 Å². The SMILES string of the molecule is CC1CN(C2CCC(N)CC2)C1. The number of rotatable bonds is 1. The molecule has 1 aliphatic heterocycles. The molecule has 70 valence electrons. The van der Waals surface area contributed by atoms with E-state index in [4.69, 9.17) is 5.73 Å². The van der Waals surface area contributed by atoms with E-state index in [-0.39, 0.29) is 0 Å². The Morgan fingerprint density at radius 3 is 2.17 bits per heavy atom. The van der Waals surface area contributed by atoms with Gasteiger partial charge >= 0.3 is 0 Å². The first-order valence-corrected chi connectivity index (χ1v) is 5.25. The van der Waals surface area contributed by atoms with Crippen molar-refractivity contribution in [3.8, 4) is 0 Å². The van der Waals surface area contributed by atoms with Crippen molar-refractivity contribution in [2.24, 2.45) is 11.7 Å². The van der Waals surface area contributed by atoms with Gasteiger partial charge in [0.2, 0.25) is 0 Å². The van der Waals surface area contributed by atoms with Gasteiger partial charge in [-0.1, -0.05) is 6.92 Å². The minimum atomic E-state index is 0.500. The van der Waals surface area contributed by atoms with Crippen molar-refractivity contribution in [1.29, 1.82) is 0 Å². The standard InChI is InChI=1S/C10H20N2/c1-8-6-12(7-8)10-4-2-9(11)3-5-10/h8-10H,2-7,11H2,1H3. The molecule has 1 heterocycles. The van der Waals surface area contributed by atoms with Gasteiger partial charge in [0, 0.05) is 25.2 Å². The molecule has 2 fully saturated rings. The van der Waals surface area contributed by atoms with Crippen LogP contribution in [0.5, 0.6) is 0 Å². The molecule has 0 aromatic rings. The average Bonchev–Trinajstić information content (AvgIpc) is 2.01. The van der Waals surface area contributed by atoms with E-state index < -0.39 is 0 Å². The zero-order valence-corrected chi connectivity index (χ0v) is 8.00. The van der Waals surface area contributed by atoms with Crippen LogP contribution in [-0.4, -0.2) is 30.1 Å². The summed E-state index contributed by atoms with van der Waals surface area (Å²) >= 11 is 0. The third-order valence-corrected chi connectivity index (χ3v) is 3.35. The van der Waals surface area contributed by atoms with Gasteiger partial charge in [0.15, 0.2) is 0 Å². The van der Waals surface area contributed by atoms with Gasteiger partial charge in [-0.15, -0.1) is 0 Å². The van der Waals surface area contributed by atoms with Crippen LogP contribution in [-0.2, 0) is 0 Å². The summed E-state index contributed by atoms with van der Waals surface area (Å²) in [4.78, 5) is 2.64. The van der Waals surface area contributed by atoms with Gasteiger partial charge in [0.1, 0.15) is 0 Å². The van der Waals surface area contributed by atoms with Crippen molar-refractivity contribution in [2.45, 2.75) is 44.7 Å². The molecule has 2 aliphatic rings. The lowest BCUT2D eigenvalue weighted by Crippen LogP contribution is -2.52. The number of hydrogen-bond donors (Lipinski definition) is 1. The number of nitrogens with two attached hydrogens (primary N) is 1. The van der Waals surface area contributed by atoms with Crippen LogP contribution in [0, 0.1) is 5.92 Å². The van der Waals surface area contributed by atoms with Gasteiger partial charge in [0.25, 0.3) is 0 Å². The van der Waals surface area contributed by atoms with Gasteiger partial charge in [-0.3, -0.25) is 4.90 Å². The van der Waals surface area contributed by atoms with Gasteiger partial charge in [-0.2, -0.15) is 0 Å². The molecule has 0 radical (unpaired) electrons. The Kier molecular flexibility index (Phi) is 2.37. The molecule has 1 aliphatic carbocycles. The molecule has 0 aromatic carbocycles. The van der Waals surface area contributed by atoms with E-state index in [9.17, 15) is 0 Å². The third kappa shape index (κ3) is 1.64. The normalized spacial score (nSPS) is 39.5. The summed E-state index contributed by atoms with van der Waals surface area (Å²) in [5, 5.41) is 0. The lowest BCUT2D eigenvalue weighted by atomic mass is 9.87. The maximum atomic E-state index is 5.87. The quantitative estimate of drug-likeness (QED) is 0.637. The van der Waals surface area contributed by atoms with Crippen LogP contribution in [0.2, 0.25) is 0 Å². The molecule has 2 nitrogen and oxygen atoms in total. The lowest BCUT2D eigenvalue weighted by molar-refractivity contribution is 0.0414. The molecule has 0 atom stereocenters. The minimum Gasteiger partial charge on any atom is -0.328 e. The van der Waals surface area contributed by atoms with Crippen molar-refractivity contribution >= 4 is 0 Å². The van der Waals surface area contributed by atoms with E-state index in [1.807, 2.05) is 0 Å². The van der Waals surface area contributed by atoms with Crippen LogP contribution in [0.15, 0.2) is 0 Å². The predicted octanol–water partition coefficient (Wildman–Crippen LogP) is 1.21. The molecule has 0 amide bonds. The molecule has 0 bridgehead atoms. The first kappa shape index (κ1) is 8.52. The molecule has 1 saturated carbocycles. The maximum Gasteiger partial charge on any atom is 0.00966 e. The largest absolute Gasteiger partial charge is 0.328 e. The zero-order valence-electron chi connectivity index (χ0n) is 8.00. The zero-order chi connectivity index (χ0) is 8.55. The van der Waals surface area contributed by atoms with Crippen molar-refractivity contribution < 1.29 is 0 Å². The summed E-state index contributed by atoms with van der Waals surface area (Å²) < 4.78 is 0. The predicted molar refractivity (Wildman–Crippen MR) is 51.0 cm³/mol. The van der Waals surface area contributed by atoms with Gasteiger partial charge in [-0.25, -0.2) is 0 Å². The van der Waals surface area contributed by atoms with Gasteiger partial charge in [0.05, 0.1) is 0 Å². The van der Waals surface area contributed by atoms with Crippen molar-refractivity contribution in [2.75, 3.05) is 13.1 Å². The van der Waals surface area contributed by atoms with Gasteiger partial charge < -0.3 is 5.73 Å². The fourth-order valence-electron chi connectivity index (χ4n) is 2.51. The van der Waals surface area contributed by atoms with E-state index in [1.165, 1.54) is 38.8 Å². The Hall–Kier alpha value is -0.0800. The second-order valence-corrected chi connectivity index (χ2v) is 4.63. The number of likely N-dealkylation sites (tertiary alicyclic amines) is 1. The Balaban J connectivity index is 1.75. The Morgan fingerprint density at radius 1 is 1.08 bits per heavy atom. The Bertz CT molecular complexity index is 144. The average molecular weight is 168 g/mol. The first-order chi connectivity index (χ1) is 5.75. The van der Waals surface area contributed by atoms with Crippen molar-refractivity contribution in [3.63, 3.8) is 0 Å². The van der Waals surface area contributed by atoms with E-state index in [0.717, 1.165) is 12.0 Å². The maximum absolute atomic E-state index is 5.87. The summed E-state index contributed by atoms with van der Waals surface area (Å²) in [7, 11) is 0. The summed E-state index contributed by atoms with van der Waals surface area (Å²) in [6.45, 7) is 5.00. The molecular formula is C10H20N2. The highest BCUT2D eigenvalue weighted by molar-refractivity contribution is 4.87.